The Labute approximate surface area is 364 Å². The second-order valence-corrected chi connectivity index (χ2v) is 15.1. The minimum absolute atomic E-state index is 0.0838. The van der Waals surface area contributed by atoms with Crippen molar-refractivity contribution in [2.45, 2.75) is 66.1 Å². The molecule has 0 saturated carbocycles. The second kappa shape index (κ2) is 22.2. The number of pyridine rings is 1. The lowest BCUT2D eigenvalue weighted by Crippen LogP contribution is -2.43. The van der Waals surface area contributed by atoms with Crippen LogP contribution in [0.15, 0.2) is 121 Å². The standard InChI is InChI=1S/C49H57N9O4/c1-6-27-57(47(59)40(30-53-49(61)62-5)29-41-17-13-14-26-50-41)33-44-51-31-42(54-44)37-22-18-35(19-23-37)36-20-24-38(25-21-36)43-32-52-45(55-43)34-58(28-7-2)48(60)46(56(8-3)9-4)39-15-11-10-12-16-39/h10-26,30-32,40,46H,6-9,27-29,33-34H2,1-5H3,(H,51,54)(H,52,55)/b53-30+/t40?,46-/m1/s1. The van der Waals surface area contributed by atoms with Crippen molar-refractivity contribution >= 4 is 24.1 Å². The monoisotopic (exact) mass is 835 g/mol. The number of aromatic nitrogens is 5. The zero-order valence-electron chi connectivity index (χ0n) is 36.3. The van der Waals surface area contributed by atoms with Crippen LogP contribution in [0.3, 0.4) is 0 Å². The summed E-state index contributed by atoms with van der Waals surface area (Å²) in [5.41, 5.74) is 7.54. The maximum Gasteiger partial charge on any atom is 0.432 e. The highest BCUT2D eigenvalue weighted by atomic mass is 16.5. The summed E-state index contributed by atoms with van der Waals surface area (Å²) in [5.74, 6) is 0.582. The molecule has 0 spiro atoms. The largest absolute Gasteiger partial charge is 0.451 e. The second-order valence-electron chi connectivity index (χ2n) is 15.1. The van der Waals surface area contributed by atoms with E-state index in [-0.39, 0.29) is 30.8 Å². The molecule has 6 aromatic rings. The number of carbonyl (C=O) groups excluding carboxylic acids is 3. The van der Waals surface area contributed by atoms with E-state index in [2.05, 4.69) is 104 Å². The summed E-state index contributed by atoms with van der Waals surface area (Å²) < 4.78 is 4.67. The normalized spacial score (nSPS) is 12.4. The number of likely N-dealkylation sites (N-methyl/N-ethyl adjacent to an activating group) is 1. The summed E-state index contributed by atoms with van der Waals surface area (Å²) in [4.78, 5) is 70.1. The molecule has 322 valence electrons. The molecule has 3 heterocycles. The molecular weight excluding hydrogens is 779 g/mol. The first kappa shape index (κ1) is 44.8. The Kier molecular flexibility index (Phi) is 16.1. The van der Waals surface area contributed by atoms with Crippen molar-refractivity contribution in [2.24, 2.45) is 10.9 Å². The number of aliphatic imine (C=N–C) groups is 1. The van der Waals surface area contributed by atoms with Crippen LogP contribution >= 0.6 is 0 Å². The van der Waals surface area contributed by atoms with Gasteiger partial charge < -0.3 is 24.5 Å². The van der Waals surface area contributed by atoms with Crippen molar-refractivity contribution in [1.82, 2.24) is 39.6 Å². The molecule has 3 aromatic carbocycles. The number of methoxy groups -OCH3 is 1. The van der Waals surface area contributed by atoms with Crippen LogP contribution in [0.25, 0.3) is 33.6 Å². The third-order valence-corrected chi connectivity index (χ3v) is 10.8. The minimum Gasteiger partial charge on any atom is -0.451 e. The van der Waals surface area contributed by atoms with Crippen LogP contribution in [0.5, 0.6) is 0 Å². The lowest BCUT2D eigenvalue weighted by atomic mass is 10.0. The summed E-state index contributed by atoms with van der Waals surface area (Å²) in [7, 11) is 1.25. The van der Waals surface area contributed by atoms with Crippen molar-refractivity contribution < 1.29 is 19.1 Å². The van der Waals surface area contributed by atoms with E-state index in [1.165, 1.54) is 13.3 Å². The van der Waals surface area contributed by atoms with Gasteiger partial charge in [0.1, 0.15) is 17.7 Å². The molecule has 3 amide bonds. The lowest BCUT2D eigenvalue weighted by Gasteiger charge is -2.33. The molecule has 0 bridgehead atoms. The third kappa shape index (κ3) is 11.5. The predicted octanol–water partition coefficient (Wildman–Crippen LogP) is 8.79. The van der Waals surface area contributed by atoms with E-state index in [1.54, 1.807) is 17.3 Å². The van der Waals surface area contributed by atoms with Gasteiger partial charge in [0, 0.05) is 37.6 Å². The number of nitrogens with one attached hydrogen (secondary N) is 2. The van der Waals surface area contributed by atoms with Gasteiger partial charge in [0.15, 0.2) is 0 Å². The van der Waals surface area contributed by atoms with Gasteiger partial charge in [-0.05, 0) is 65.9 Å². The van der Waals surface area contributed by atoms with Crippen LogP contribution in [0, 0.1) is 5.92 Å². The zero-order chi connectivity index (χ0) is 43.8. The fourth-order valence-corrected chi connectivity index (χ4v) is 7.59. The highest BCUT2D eigenvalue weighted by molar-refractivity contribution is 5.96. The number of carbonyl (C=O) groups is 3. The fraction of sp³-hybridized carbons (Fsp3) is 0.327. The number of imidazole rings is 2. The van der Waals surface area contributed by atoms with Crippen molar-refractivity contribution in [3.8, 4) is 33.6 Å². The van der Waals surface area contributed by atoms with E-state index in [0.717, 1.165) is 71.0 Å². The van der Waals surface area contributed by atoms with Gasteiger partial charge in [-0.3, -0.25) is 19.5 Å². The van der Waals surface area contributed by atoms with Gasteiger partial charge in [0.2, 0.25) is 11.8 Å². The number of ether oxygens (including phenoxy) is 1. The Morgan fingerprint density at radius 3 is 1.66 bits per heavy atom. The third-order valence-electron chi connectivity index (χ3n) is 10.8. The van der Waals surface area contributed by atoms with E-state index in [4.69, 9.17) is 4.98 Å². The van der Waals surface area contributed by atoms with Gasteiger partial charge in [-0.2, -0.15) is 4.99 Å². The topological polar surface area (TPSA) is 153 Å². The molecule has 13 nitrogen and oxygen atoms in total. The van der Waals surface area contributed by atoms with Gasteiger partial charge in [0.25, 0.3) is 0 Å². The van der Waals surface area contributed by atoms with Crippen LogP contribution < -0.4 is 0 Å². The van der Waals surface area contributed by atoms with E-state index in [9.17, 15) is 14.4 Å². The Hall–Kier alpha value is -6.73. The van der Waals surface area contributed by atoms with Crippen LogP contribution in [-0.4, -0.2) is 97.0 Å². The Morgan fingerprint density at radius 1 is 0.661 bits per heavy atom. The Bertz CT molecular complexity index is 2360. The van der Waals surface area contributed by atoms with Crippen molar-refractivity contribution in [3.05, 3.63) is 139 Å². The highest BCUT2D eigenvalue weighted by Gasteiger charge is 2.30. The lowest BCUT2D eigenvalue weighted by molar-refractivity contribution is -0.138. The van der Waals surface area contributed by atoms with Gasteiger partial charge in [-0.25, -0.2) is 14.8 Å². The first-order valence-corrected chi connectivity index (χ1v) is 21.4. The average Bonchev–Trinajstić information content (AvgIpc) is 3.99. The van der Waals surface area contributed by atoms with E-state index in [0.29, 0.717) is 31.2 Å². The maximum absolute atomic E-state index is 14.2. The van der Waals surface area contributed by atoms with Crippen molar-refractivity contribution in [2.75, 3.05) is 33.3 Å². The quantitative estimate of drug-likeness (QED) is 0.0725. The van der Waals surface area contributed by atoms with Gasteiger partial charge in [-0.15, -0.1) is 0 Å². The number of aromatic amines is 2. The molecule has 2 atom stereocenters. The van der Waals surface area contributed by atoms with Crippen LogP contribution in [0.4, 0.5) is 4.79 Å². The molecule has 0 aliphatic carbocycles. The van der Waals surface area contributed by atoms with E-state index in [1.807, 2.05) is 66.6 Å². The molecule has 6 rings (SSSR count). The fourth-order valence-electron chi connectivity index (χ4n) is 7.59. The SMILES string of the molecule is CCCN(Cc1ncc(-c2ccc(-c3ccc(-c4cnc(CN(CCC)C(=O)[C@@H](c5ccccc5)N(CC)CC)[nH]4)cc3)cc2)[nH]1)C(=O)C(/C=N/C(=O)OC)Cc1ccccn1. The molecule has 62 heavy (non-hydrogen) atoms. The van der Waals surface area contributed by atoms with Crippen molar-refractivity contribution in [1.29, 1.82) is 0 Å². The van der Waals surface area contributed by atoms with Gasteiger partial charge in [0.05, 0.1) is 49.9 Å². The summed E-state index contributed by atoms with van der Waals surface area (Å²) in [6, 6.07) is 31.8. The number of rotatable bonds is 20. The number of benzene rings is 3. The number of hydrogen-bond acceptors (Lipinski definition) is 8. The summed E-state index contributed by atoms with van der Waals surface area (Å²) in [6.07, 6.45) is 7.75. The molecule has 1 unspecified atom stereocenters. The molecule has 13 heteroatoms. The number of H-pyrrole nitrogens is 2. The number of hydrogen-bond donors (Lipinski definition) is 2. The summed E-state index contributed by atoms with van der Waals surface area (Å²) >= 11 is 0. The van der Waals surface area contributed by atoms with E-state index >= 15 is 0 Å². The van der Waals surface area contributed by atoms with Gasteiger partial charge in [-0.1, -0.05) is 113 Å². The number of amides is 3. The molecule has 2 N–H and O–H groups in total. The summed E-state index contributed by atoms with van der Waals surface area (Å²) in [5, 5.41) is 0. The highest BCUT2D eigenvalue weighted by Crippen LogP contribution is 2.28. The molecule has 0 aliphatic rings. The van der Waals surface area contributed by atoms with Crippen LogP contribution in [-0.2, 0) is 33.8 Å². The summed E-state index contributed by atoms with van der Waals surface area (Å²) in [6.45, 7) is 11.6. The number of nitrogens with zero attached hydrogens (tertiary/aromatic N) is 7. The first-order chi connectivity index (χ1) is 30.2. The molecule has 0 radical (unpaired) electrons. The zero-order valence-corrected chi connectivity index (χ0v) is 36.3. The van der Waals surface area contributed by atoms with Crippen LogP contribution in [0.2, 0.25) is 0 Å². The van der Waals surface area contributed by atoms with E-state index < -0.39 is 12.0 Å². The Balaban J connectivity index is 1.10. The molecule has 0 aliphatic heterocycles. The van der Waals surface area contributed by atoms with Crippen molar-refractivity contribution in [3.63, 3.8) is 0 Å². The predicted molar refractivity (Wildman–Crippen MR) is 243 cm³/mol. The molecule has 0 saturated heterocycles. The average molecular weight is 836 g/mol. The van der Waals surface area contributed by atoms with Gasteiger partial charge >= 0.3 is 6.09 Å². The molecule has 3 aromatic heterocycles. The molecule has 0 fully saturated rings. The smallest absolute Gasteiger partial charge is 0.432 e. The van der Waals surface area contributed by atoms with Crippen LogP contribution in [0.1, 0.15) is 69.5 Å². The Morgan fingerprint density at radius 2 is 1.18 bits per heavy atom. The minimum atomic E-state index is -0.766. The molecular formula is C49H57N9O4. The first-order valence-electron chi connectivity index (χ1n) is 21.4. The maximum atomic E-state index is 14.2.